The second-order valence-corrected chi connectivity index (χ2v) is 12.5. The van der Waals surface area contributed by atoms with Crippen LogP contribution in [-0.4, -0.2) is 0 Å². The Morgan fingerprint density at radius 3 is 1.49 bits per heavy atom. The molecule has 1 aromatic heterocycles. The molecule has 0 saturated carbocycles. The maximum Gasteiger partial charge on any atom is 0.135 e. The molecule has 10 rings (SSSR count). The van der Waals surface area contributed by atoms with Crippen LogP contribution in [0, 0.1) is 0 Å². The smallest absolute Gasteiger partial charge is 0.135 e. The third kappa shape index (κ3) is 4.55. The molecule has 0 aliphatic carbocycles. The van der Waals surface area contributed by atoms with Crippen molar-refractivity contribution in [2.24, 2.45) is 0 Å². The first-order valence-corrected chi connectivity index (χ1v) is 16.5. The summed E-state index contributed by atoms with van der Waals surface area (Å²) in [6, 6.07) is 52.8. The zero-order chi connectivity index (χ0) is 35.8. The molecule has 0 unspecified atom stereocenters. The highest BCUT2D eigenvalue weighted by molar-refractivity contribution is 6.21. The van der Waals surface area contributed by atoms with E-state index in [1.54, 1.807) is 0 Å². The molecule has 0 spiro atoms. The van der Waals surface area contributed by atoms with Crippen molar-refractivity contribution in [2.75, 3.05) is 0 Å². The summed E-state index contributed by atoms with van der Waals surface area (Å²) < 4.78 is 43.5. The quantitative estimate of drug-likeness (QED) is 0.177. The highest BCUT2D eigenvalue weighted by atomic mass is 16.3. The molecule has 0 atom stereocenters. The van der Waals surface area contributed by atoms with E-state index in [-0.39, 0.29) is 24.2 Å². The zero-order valence-electron chi connectivity index (χ0n) is 30.4. The Balaban J connectivity index is 1.21. The average Bonchev–Trinajstić information content (AvgIpc) is 3.57. The summed E-state index contributed by atoms with van der Waals surface area (Å²) in [6.45, 7) is 0. The van der Waals surface area contributed by atoms with Gasteiger partial charge in [0.2, 0.25) is 0 Å². The fraction of sp³-hybridized carbons (Fsp3) is 0. The van der Waals surface area contributed by atoms with Crippen molar-refractivity contribution in [3.63, 3.8) is 0 Å². The van der Waals surface area contributed by atoms with Gasteiger partial charge < -0.3 is 4.42 Å². The van der Waals surface area contributed by atoms with E-state index in [4.69, 9.17) is 7.16 Å². The maximum atomic E-state index is 9.77. The van der Waals surface area contributed by atoms with Gasteiger partial charge in [0.15, 0.2) is 0 Å². The minimum atomic E-state index is -0.206. The topological polar surface area (TPSA) is 13.1 Å². The molecule has 228 valence electrons. The molecule has 0 saturated heterocycles. The van der Waals surface area contributed by atoms with Crippen LogP contribution >= 0.6 is 0 Å². The Kier molecular flexibility index (Phi) is 5.38. The summed E-state index contributed by atoms with van der Waals surface area (Å²) in [5, 5.41) is 7.96. The molecule has 0 radical (unpaired) electrons. The van der Waals surface area contributed by atoms with Crippen LogP contribution in [0.4, 0.5) is 0 Å². The highest BCUT2D eigenvalue weighted by Crippen LogP contribution is 2.44. The van der Waals surface area contributed by atoms with E-state index >= 15 is 0 Å². The van der Waals surface area contributed by atoms with E-state index in [0.29, 0.717) is 22.3 Å². The third-order valence-corrected chi connectivity index (χ3v) is 9.71. The van der Waals surface area contributed by atoms with Gasteiger partial charge in [0.05, 0.1) is 5.48 Å². The van der Waals surface area contributed by atoms with Crippen LogP contribution in [-0.2, 0) is 0 Å². The van der Waals surface area contributed by atoms with E-state index in [1.165, 1.54) is 10.8 Å². The van der Waals surface area contributed by atoms with Crippen molar-refractivity contribution in [2.45, 2.75) is 0 Å². The summed E-state index contributed by atoms with van der Waals surface area (Å²) in [7, 11) is 0. The highest BCUT2D eigenvalue weighted by Gasteiger charge is 2.17. The van der Waals surface area contributed by atoms with Crippen LogP contribution in [0.25, 0.3) is 98.8 Å². The van der Waals surface area contributed by atoms with Gasteiger partial charge in [-0.3, -0.25) is 0 Å². The normalized spacial score (nSPS) is 12.8. The Labute approximate surface area is 289 Å². The van der Waals surface area contributed by atoms with E-state index in [2.05, 4.69) is 66.7 Å². The largest absolute Gasteiger partial charge is 0.456 e. The fourth-order valence-electron chi connectivity index (χ4n) is 7.41. The van der Waals surface area contributed by atoms with Crippen LogP contribution in [0.3, 0.4) is 0 Å². The summed E-state index contributed by atoms with van der Waals surface area (Å²) >= 11 is 0. The Morgan fingerprint density at radius 2 is 0.837 bits per heavy atom. The molecule has 0 amide bonds. The Morgan fingerprint density at radius 1 is 0.347 bits per heavy atom. The van der Waals surface area contributed by atoms with Crippen molar-refractivity contribution in [1.29, 1.82) is 0 Å². The third-order valence-electron chi connectivity index (χ3n) is 9.71. The van der Waals surface area contributed by atoms with Crippen molar-refractivity contribution < 1.29 is 9.90 Å². The van der Waals surface area contributed by atoms with E-state index < -0.39 is 0 Å². The molecule has 0 aliphatic heterocycles. The minimum absolute atomic E-state index is 0.0581. The van der Waals surface area contributed by atoms with E-state index in [0.717, 1.165) is 65.7 Å². The molecule has 1 nitrogen and oxygen atoms in total. The standard InChI is InChI=1S/C48H30O/c1-2-12-32(13-3-1)47-39-17-6-8-19-41(39)48(42-20-9-7-18-40(42)47)38-16-10-15-34(28-38)36-23-25-45-43(29-36)44-30-37(24-26-46(44)49-45)35-22-21-31-11-4-5-14-33(31)27-35/h1-30H/i10D,15D,16D,28D. The van der Waals surface area contributed by atoms with E-state index in [9.17, 15) is 2.74 Å². The molecular weight excluding hydrogens is 593 g/mol. The SMILES string of the molecule is [2H]c1c([2H])c(-c2ccc3oc4ccc(-c5ccc6ccccc6c5)cc4c3c2)c([2H])c(-c2c3ccccc3c(-c3ccccc3)c3ccccc23)c1[2H]. The van der Waals surface area contributed by atoms with Crippen LogP contribution < -0.4 is 0 Å². The van der Waals surface area contributed by atoms with Crippen LogP contribution in [0.15, 0.2) is 186 Å². The van der Waals surface area contributed by atoms with Gasteiger partial charge in [-0.2, -0.15) is 0 Å². The van der Waals surface area contributed by atoms with Crippen LogP contribution in [0.2, 0.25) is 0 Å². The second kappa shape index (κ2) is 11.1. The predicted octanol–water partition coefficient (Wildman–Crippen LogP) is 13.7. The molecule has 49 heavy (non-hydrogen) atoms. The number of hydrogen-bond acceptors (Lipinski definition) is 1. The van der Waals surface area contributed by atoms with Crippen LogP contribution in [0.1, 0.15) is 5.48 Å². The average molecular weight is 627 g/mol. The monoisotopic (exact) mass is 626 g/mol. The van der Waals surface area contributed by atoms with Crippen molar-refractivity contribution in [1.82, 2.24) is 0 Å². The van der Waals surface area contributed by atoms with Crippen molar-refractivity contribution >= 4 is 54.3 Å². The van der Waals surface area contributed by atoms with Gasteiger partial charge in [0.1, 0.15) is 11.2 Å². The molecule has 0 fully saturated rings. The summed E-state index contributed by atoms with van der Waals surface area (Å²) in [5.74, 6) is 0. The minimum Gasteiger partial charge on any atom is -0.456 e. The molecule has 0 bridgehead atoms. The predicted molar refractivity (Wildman–Crippen MR) is 208 cm³/mol. The van der Waals surface area contributed by atoms with Gasteiger partial charge in [-0.05, 0) is 113 Å². The number of furan rings is 1. The van der Waals surface area contributed by atoms with Crippen molar-refractivity contribution in [3.8, 4) is 44.5 Å². The second-order valence-electron chi connectivity index (χ2n) is 12.5. The van der Waals surface area contributed by atoms with Crippen LogP contribution in [0.5, 0.6) is 0 Å². The molecule has 0 N–H and O–H groups in total. The number of fused-ring (bicyclic) bond motifs is 6. The fourth-order valence-corrected chi connectivity index (χ4v) is 7.41. The first-order valence-electron chi connectivity index (χ1n) is 18.5. The number of benzene rings is 9. The Bertz CT molecular complexity index is 3050. The molecule has 1 heteroatoms. The van der Waals surface area contributed by atoms with Gasteiger partial charge in [-0.15, -0.1) is 0 Å². The summed E-state index contributed by atoms with van der Waals surface area (Å²) in [6.07, 6.45) is 0. The lowest BCUT2D eigenvalue weighted by molar-refractivity contribution is 0.669. The molecule has 0 aliphatic rings. The zero-order valence-corrected chi connectivity index (χ0v) is 26.4. The lowest BCUT2D eigenvalue weighted by Crippen LogP contribution is -1.91. The van der Waals surface area contributed by atoms with E-state index in [1.807, 2.05) is 91.0 Å². The number of hydrogen-bond donors (Lipinski definition) is 0. The van der Waals surface area contributed by atoms with Gasteiger partial charge in [-0.25, -0.2) is 0 Å². The lowest BCUT2D eigenvalue weighted by Gasteiger charge is -2.18. The van der Waals surface area contributed by atoms with Gasteiger partial charge >= 0.3 is 0 Å². The first-order chi connectivity index (χ1) is 26.0. The summed E-state index contributed by atoms with van der Waals surface area (Å²) in [5.41, 5.74) is 7.82. The molecule has 1 heterocycles. The molecule has 9 aromatic carbocycles. The molecular formula is C48H30O. The Hall–Kier alpha value is -6.44. The number of rotatable bonds is 4. The maximum absolute atomic E-state index is 9.77. The first kappa shape index (κ1) is 23.8. The van der Waals surface area contributed by atoms with Gasteiger partial charge in [-0.1, -0.05) is 146 Å². The summed E-state index contributed by atoms with van der Waals surface area (Å²) in [4.78, 5) is 0. The molecule has 10 aromatic rings. The van der Waals surface area contributed by atoms with Gasteiger partial charge in [0.25, 0.3) is 0 Å². The van der Waals surface area contributed by atoms with Gasteiger partial charge in [0, 0.05) is 10.8 Å². The van der Waals surface area contributed by atoms with Crippen molar-refractivity contribution in [3.05, 3.63) is 182 Å². The lowest BCUT2D eigenvalue weighted by atomic mass is 9.85.